The van der Waals surface area contributed by atoms with E-state index in [9.17, 15) is 4.79 Å². The van der Waals surface area contributed by atoms with E-state index in [1.165, 1.54) is 25.7 Å². The van der Waals surface area contributed by atoms with Crippen LogP contribution >= 0.6 is 0 Å². The topological polar surface area (TPSA) is 58.4 Å². The average Bonchev–Trinajstić information content (AvgIpc) is 2.78. The zero-order valence-corrected chi connectivity index (χ0v) is 11.2. The summed E-state index contributed by atoms with van der Waals surface area (Å²) in [7, 11) is 2.09. The van der Waals surface area contributed by atoms with Crippen LogP contribution in [0.1, 0.15) is 39.0 Å². The molecule has 1 atom stereocenters. The summed E-state index contributed by atoms with van der Waals surface area (Å²) in [5, 5.41) is 2.84. The Morgan fingerprint density at radius 3 is 2.65 bits per heavy atom. The van der Waals surface area contributed by atoms with E-state index in [1.54, 1.807) is 0 Å². The van der Waals surface area contributed by atoms with Gasteiger partial charge in [-0.05, 0) is 32.7 Å². The Kier molecular flexibility index (Phi) is 6.52. The van der Waals surface area contributed by atoms with Crippen LogP contribution in [0.5, 0.6) is 0 Å². The van der Waals surface area contributed by atoms with Crippen LogP contribution in [0.25, 0.3) is 0 Å². The minimum absolute atomic E-state index is 0.112. The third-order valence-electron chi connectivity index (χ3n) is 3.71. The van der Waals surface area contributed by atoms with Crippen molar-refractivity contribution in [2.45, 2.75) is 45.1 Å². The van der Waals surface area contributed by atoms with Crippen molar-refractivity contribution in [1.29, 1.82) is 0 Å². The first-order valence-corrected chi connectivity index (χ1v) is 6.84. The molecule has 1 saturated carbocycles. The summed E-state index contributed by atoms with van der Waals surface area (Å²) in [6, 6.07) is 0.183. The van der Waals surface area contributed by atoms with E-state index in [1.807, 2.05) is 6.92 Å². The van der Waals surface area contributed by atoms with Gasteiger partial charge >= 0.3 is 0 Å². The summed E-state index contributed by atoms with van der Waals surface area (Å²) >= 11 is 0. The Bertz CT molecular complexity index is 227. The van der Waals surface area contributed by atoms with Crippen molar-refractivity contribution < 1.29 is 4.79 Å². The van der Waals surface area contributed by atoms with Gasteiger partial charge < -0.3 is 16.0 Å². The van der Waals surface area contributed by atoms with Crippen molar-refractivity contribution >= 4 is 5.91 Å². The van der Waals surface area contributed by atoms with Crippen LogP contribution in [0.3, 0.4) is 0 Å². The van der Waals surface area contributed by atoms with Gasteiger partial charge in [0.05, 0.1) is 0 Å². The highest BCUT2D eigenvalue weighted by molar-refractivity contribution is 5.76. The Labute approximate surface area is 105 Å². The quantitative estimate of drug-likeness (QED) is 0.698. The van der Waals surface area contributed by atoms with E-state index in [0.717, 1.165) is 12.5 Å². The van der Waals surface area contributed by atoms with E-state index >= 15 is 0 Å². The lowest BCUT2D eigenvalue weighted by atomic mass is 10.1. The summed E-state index contributed by atoms with van der Waals surface area (Å²) in [6.45, 7) is 4.28. The van der Waals surface area contributed by atoms with Crippen molar-refractivity contribution in [1.82, 2.24) is 10.2 Å². The van der Waals surface area contributed by atoms with E-state index in [4.69, 9.17) is 5.73 Å². The monoisotopic (exact) mass is 241 g/mol. The number of nitrogens with two attached hydrogens (primary N) is 1. The van der Waals surface area contributed by atoms with Crippen LogP contribution in [0, 0.1) is 5.92 Å². The van der Waals surface area contributed by atoms with Crippen LogP contribution in [-0.4, -0.2) is 43.5 Å². The molecule has 1 fully saturated rings. The van der Waals surface area contributed by atoms with Gasteiger partial charge in [-0.2, -0.15) is 0 Å². The highest BCUT2D eigenvalue weighted by atomic mass is 16.1. The number of amides is 1. The van der Waals surface area contributed by atoms with Crippen LogP contribution in [-0.2, 0) is 4.79 Å². The highest BCUT2D eigenvalue weighted by Gasteiger charge is 2.22. The molecule has 0 aromatic rings. The van der Waals surface area contributed by atoms with Gasteiger partial charge in [-0.25, -0.2) is 0 Å². The number of likely N-dealkylation sites (N-methyl/N-ethyl adjacent to an activating group) is 1. The first-order chi connectivity index (χ1) is 8.17. The summed E-state index contributed by atoms with van der Waals surface area (Å²) in [4.78, 5) is 13.8. The molecule has 17 heavy (non-hydrogen) atoms. The minimum Gasteiger partial charge on any atom is -0.356 e. The van der Waals surface area contributed by atoms with Crippen LogP contribution in [0.4, 0.5) is 0 Å². The first kappa shape index (κ1) is 14.5. The molecule has 1 aliphatic rings. The fourth-order valence-corrected chi connectivity index (χ4v) is 2.65. The van der Waals surface area contributed by atoms with Gasteiger partial charge in [-0.1, -0.05) is 12.8 Å². The fraction of sp³-hybridized carbons (Fsp3) is 0.923. The van der Waals surface area contributed by atoms with Crippen molar-refractivity contribution in [2.24, 2.45) is 11.7 Å². The number of hydrogen-bond acceptors (Lipinski definition) is 3. The predicted molar refractivity (Wildman–Crippen MR) is 70.7 cm³/mol. The van der Waals surface area contributed by atoms with E-state index < -0.39 is 0 Å². The van der Waals surface area contributed by atoms with Crippen molar-refractivity contribution in [3.63, 3.8) is 0 Å². The van der Waals surface area contributed by atoms with Gasteiger partial charge in [0.15, 0.2) is 0 Å². The van der Waals surface area contributed by atoms with Gasteiger partial charge in [-0.15, -0.1) is 0 Å². The third-order valence-corrected chi connectivity index (χ3v) is 3.71. The van der Waals surface area contributed by atoms with Gasteiger partial charge in [0.1, 0.15) is 0 Å². The van der Waals surface area contributed by atoms with Gasteiger partial charge in [0.25, 0.3) is 0 Å². The average molecular weight is 241 g/mol. The Morgan fingerprint density at radius 2 is 2.12 bits per heavy atom. The number of carbonyl (C=O) groups excluding carboxylic acids is 1. The van der Waals surface area contributed by atoms with Gasteiger partial charge in [0.2, 0.25) is 5.91 Å². The SMILES string of the molecule is CCNC(=O)CC(CN)N(C)CC1CCCC1. The van der Waals surface area contributed by atoms with Crippen LogP contribution in [0.2, 0.25) is 0 Å². The molecule has 1 amide bonds. The molecule has 0 aromatic heterocycles. The molecule has 1 rings (SSSR count). The van der Waals surface area contributed by atoms with Crippen molar-refractivity contribution in [3.8, 4) is 0 Å². The normalized spacial score (nSPS) is 18.6. The maximum atomic E-state index is 11.6. The number of rotatable bonds is 7. The lowest BCUT2D eigenvalue weighted by Gasteiger charge is -2.28. The number of carbonyl (C=O) groups is 1. The van der Waals surface area contributed by atoms with E-state index in [0.29, 0.717) is 19.5 Å². The number of nitrogens with zero attached hydrogens (tertiary/aromatic N) is 1. The molecular weight excluding hydrogens is 214 g/mol. The highest BCUT2D eigenvalue weighted by Crippen LogP contribution is 2.25. The zero-order valence-electron chi connectivity index (χ0n) is 11.2. The molecule has 100 valence electrons. The molecule has 0 heterocycles. The molecule has 4 heteroatoms. The second kappa shape index (κ2) is 7.67. The van der Waals surface area contributed by atoms with Crippen molar-refractivity contribution in [2.75, 3.05) is 26.7 Å². The van der Waals surface area contributed by atoms with Gasteiger partial charge in [0, 0.05) is 32.1 Å². The standard InChI is InChI=1S/C13H27N3O/c1-3-15-13(17)8-12(9-14)16(2)10-11-6-4-5-7-11/h11-12H,3-10,14H2,1-2H3,(H,15,17). The molecule has 4 nitrogen and oxygen atoms in total. The molecule has 0 saturated heterocycles. The summed E-state index contributed by atoms with van der Waals surface area (Å²) in [5.74, 6) is 0.921. The fourth-order valence-electron chi connectivity index (χ4n) is 2.65. The van der Waals surface area contributed by atoms with Gasteiger partial charge in [-0.3, -0.25) is 4.79 Å². The largest absolute Gasteiger partial charge is 0.356 e. The summed E-state index contributed by atoms with van der Waals surface area (Å²) in [6.07, 6.45) is 5.92. The zero-order chi connectivity index (χ0) is 12.7. The summed E-state index contributed by atoms with van der Waals surface area (Å²) < 4.78 is 0. The second-order valence-corrected chi connectivity index (χ2v) is 5.14. The van der Waals surface area contributed by atoms with E-state index in [2.05, 4.69) is 17.3 Å². The molecule has 3 N–H and O–H groups in total. The van der Waals surface area contributed by atoms with Crippen LogP contribution in [0.15, 0.2) is 0 Å². The Hall–Kier alpha value is -0.610. The summed E-state index contributed by atoms with van der Waals surface area (Å²) in [5.41, 5.74) is 5.77. The van der Waals surface area contributed by atoms with E-state index in [-0.39, 0.29) is 11.9 Å². The molecule has 1 aliphatic carbocycles. The lowest BCUT2D eigenvalue weighted by molar-refractivity contribution is -0.122. The Balaban J connectivity index is 2.34. The second-order valence-electron chi connectivity index (χ2n) is 5.14. The maximum absolute atomic E-state index is 11.6. The molecular formula is C13H27N3O. The molecule has 0 spiro atoms. The van der Waals surface area contributed by atoms with Crippen molar-refractivity contribution in [3.05, 3.63) is 0 Å². The third kappa shape index (κ3) is 5.04. The Morgan fingerprint density at radius 1 is 1.47 bits per heavy atom. The molecule has 0 aromatic carbocycles. The van der Waals surface area contributed by atoms with Crippen LogP contribution < -0.4 is 11.1 Å². The molecule has 1 unspecified atom stereocenters. The number of nitrogens with one attached hydrogen (secondary N) is 1. The maximum Gasteiger partial charge on any atom is 0.221 e. The number of hydrogen-bond donors (Lipinski definition) is 2. The molecule has 0 aliphatic heterocycles. The first-order valence-electron chi connectivity index (χ1n) is 6.84. The molecule has 0 radical (unpaired) electrons. The predicted octanol–water partition coefficient (Wildman–Crippen LogP) is 0.962. The smallest absolute Gasteiger partial charge is 0.221 e. The lowest BCUT2D eigenvalue weighted by Crippen LogP contribution is -2.43. The minimum atomic E-state index is 0.112. The molecule has 0 bridgehead atoms.